The van der Waals surface area contributed by atoms with E-state index in [1.165, 1.54) is 33.5 Å². The van der Waals surface area contributed by atoms with Crippen molar-refractivity contribution in [2.24, 2.45) is 0 Å². The highest BCUT2D eigenvalue weighted by Crippen LogP contribution is 2.36. The Morgan fingerprint density at radius 2 is 1.86 bits per heavy atom. The standard InChI is InChI=1S/C19H26N2O8/c1-12-15(29-9-5-6-18(22)28-4)7-8-20(12)19(23)13-10-16(26-2)17(27-3)11-14(13)21(24)25/h10-12,15H,5-9H2,1-4H3/t12-,15+/m1/s1. The van der Waals surface area contributed by atoms with E-state index in [1.807, 2.05) is 6.92 Å². The first-order valence-electron chi connectivity index (χ1n) is 9.23. The molecule has 0 aliphatic carbocycles. The predicted octanol–water partition coefficient (Wildman–Crippen LogP) is 2.18. The Morgan fingerprint density at radius 1 is 1.21 bits per heavy atom. The normalized spacial score (nSPS) is 18.4. The highest BCUT2D eigenvalue weighted by molar-refractivity contribution is 5.99. The monoisotopic (exact) mass is 410 g/mol. The minimum Gasteiger partial charge on any atom is -0.493 e. The number of likely N-dealkylation sites (tertiary alicyclic amines) is 1. The van der Waals surface area contributed by atoms with Crippen LogP contribution < -0.4 is 9.47 Å². The maximum atomic E-state index is 13.1. The Kier molecular flexibility index (Phi) is 7.77. The minimum atomic E-state index is -0.614. The third-order valence-electron chi connectivity index (χ3n) is 4.96. The van der Waals surface area contributed by atoms with Gasteiger partial charge in [-0.05, 0) is 19.8 Å². The van der Waals surface area contributed by atoms with Crippen LogP contribution in [0.4, 0.5) is 5.69 Å². The lowest BCUT2D eigenvalue weighted by atomic mass is 10.1. The van der Waals surface area contributed by atoms with Crippen molar-refractivity contribution in [2.45, 2.75) is 38.3 Å². The molecule has 0 N–H and O–H groups in total. The summed E-state index contributed by atoms with van der Waals surface area (Å²) in [7, 11) is 4.10. The van der Waals surface area contributed by atoms with E-state index in [9.17, 15) is 19.7 Å². The number of nitro groups is 1. The molecule has 1 aliphatic rings. The van der Waals surface area contributed by atoms with Crippen LogP contribution in [0.3, 0.4) is 0 Å². The molecule has 1 aromatic carbocycles. The van der Waals surface area contributed by atoms with Crippen LogP contribution >= 0.6 is 0 Å². The molecule has 0 aromatic heterocycles. The zero-order valence-corrected chi connectivity index (χ0v) is 17.0. The summed E-state index contributed by atoms with van der Waals surface area (Å²) in [6.07, 6.45) is 1.17. The van der Waals surface area contributed by atoms with Crippen LogP contribution in [-0.2, 0) is 14.3 Å². The number of amides is 1. The minimum absolute atomic E-state index is 0.0640. The molecule has 1 heterocycles. The van der Waals surface area contributed by atoms with Crippen molar-refractivity contribution >= 4 is 17.6 Å². The predicted molar refractivity (Wildman–Crippen MR) is 102 cm³/mol. The fraction of sp³-hybridized carbons (Fsp3) is 0.579. The van der Waals surface area contributed by atoms with Gasteiger partial charge in [0, 0.05) is 25.6 Å². The van der Waals surface area contributed by atoms with Gasteiger partial charge in [0.2, 0.25) is 0 Å². The number of rotatable bonds is 9. The topological polar surface area (TPSA) is 117 Å². The van der Waals surface area contributed by atoms with Crippen LogP contribution in [-0.4, -0.2) is 68.3 Å². The summed E-state index contributed by atoms with van der Waals surface area (Å²) in [5, 5.41) is 11.5. The summed E-state index contributed by atoms with van der Waals surface area (Å²) >= 11 is 0. The van der Waals surface area contributed by atoms with E-state index in [-0.39, 0.29) is 47.3 Å². The molecular formula is C19H26N2O8. The van der Waals surface area contributed by atoms with Gasteiger partial charge in [-0.25, -0.2) is 0 Å². The average Bonchev–Trinajstić information content (AvgIpc) is 3.09. The number of methoxy groups -OCH3 is 3. The van der Waals surface area contributed by atoms with Crippen LogP contribution in [0.2, 0.25) is 0 Å². The second-order valence-electron chi connectivity index (χ2n) is 6.60. The van der Waals surface area contributed by atoms with Gasteiger partial charge in [0.05, 0.1) is 44.5 Å². The first-order valence-corrected chi connectivity index (χ1v) is 9.23. The van der Waals surface area contributed by atoms with Crippen LogP contribution in [0.5, 0.6) is 11.5 Å². The number of esters is 1. The van der Waals surface area contributed by atoms with E-state index in [0.29, 0.717) is 26.0 Å². The highest BCUT2D eigenvalue weighted by Gasteiger charge is 2.37. The summed E-state index contributed by atoms with van der Waals surface area (Å²) in [6, 6.07) is 2.25. The maximum absolute atomic E-state index is 13.1. The Morgan fingerprint density at radius 3 is 2.45 bits per heavy atom. The molecule has 2 rings (SSSR count). The van der Waals surface area contributed by atoms with E-state index < -0.39 is 10.8 Å². The lowest BCUT2D eigenvalue weighted by molar-refractivity contribution is -0.385. The fourth-order valence-corrected chi connectivity index (χ4v) is 3.32. The summed E-state index contributed by atoms with van der Waals surface area (Å²) in [6.45, 7) is 2.61. The SMILES string of the molecule is COC(=O)CCCO[C@H]1CCN(C(=O)c2cc(OC)c(OC)cc2[N+](=O)[O-])[C@@H]1C. The van der Waals surface area contributed by atoms with E-state index >= 15 is 0 Å². The lowest BCUT2D eigenvalue weighted by Crippen LogP contribution is -2.38. The number of nitro benzene ring substituents is 1. The Bertz CT molecular complexity index is 767. The van der Waals surface area contributed by atoms with Gasteiger partial charge in [-0.3, -0.25) is 19.7 Å². The molecule has 1 aromatic rings. The molecule has 10 nitrogen and oxygen atoms in total. The van der Waals surface area contributed by atoms with Crippen molar-refractivity contribution in [3.63, 3.8) is 0 Å². The van der Waals surface area contributed by atoms with Gasteiger partial charge in [0.15, 0.2) is 11.5 Å². The molecule has 0 spiro atoms. The van der Waals surface area contributed by atoms with Crippen LogP contribution in [0.15, 0.2) is 12.1 Å². The first kappa shape index (κ1) is 22.4. The maximum Gasteiger partial charge on any atom is 0.305 e. The van der Waals surface area contributed by atoms with E-state index in [2.05, 4.69) is 4.74 Å². The summed E-state index contributed by atoms with van der Waals surface area (Å²) in [5.41, 5.74) is -0.409. The number of ether oxygens (including phenoxy) is 4. The molecule has 1 fully saturated rings. The number of carbonyl (C=O) groups is 2. The number of hydrogen-bond donors (Lipinski definition) is 0. The van der Waals surface area contributed by atoms with Crippen LogP contribution in [0.1, 0.15) is 36.5 Å². The zero-order valence-electron chi connectivity index (χ0n) is 17.0. The summed E-state index contributed by atoms with van der Waals surface area (Å²) < 4.78 is 20.7. The lowest BCUT2D eigenvalue weighted by Gasteiger charge is -2.25. The van der Waals surface area contributed by atoms with E-state index in [4.69, 9.17) is 14.2 Å². The van der Waals surface area contributed by atoms with Crippen molar-refractivity contribution in [1.29, 1.82) is 0 Å². The first-order chi connectivity index (χ1) is 13.8. The third kappa shape index (κ3) is 5.14. The number of benzene rings is 1. The zero-order chi connectivity index (χ0) is 21.6. The van der Waals surface area contributed by atoms with Crippen molar-refractivity contribution < 1.29 is 33.5 Å². The molecule has 1 aliphatic heterocycles. The quantitative estimate of drug-likeness (QED) is 0.263. The van der Waals surface area contributed by atoms with Crippen molar-refractivity contribution in [3.8, 4) is 11.5 Å². The molecule has 1 amide bonds. The molecule has 1 saturated heterocycles. The number of hydrogen-bond acceptors (Lipinski definition) is 8. The second kappa shape index (κ2) is 10.1. The highest BCUT2D eigenvalue weighted by atomic mass is 16.6. The molecule has 2 atom stereocenters. The van der Waals surface area contributed by atoms with Crippen LogP contribution in [0, 0.1) is 10.1 Å². The fourth-order valence-electron chi connectivity index (χ4n) is 3.32. The Labute approximate surface area is 168 Å². The largest absolute Gasteiger partial charge is 0.493 e. The Balaban J connectivity index is 2.12. The Hall–Kier alpha value is -2.88. The van der Waals surface area contributed by atoms with Gasteiger partial charge < -0.3 is 23.8 Å². The van der Waals surface area contributed by atoms with Crippen molar-refractivity contribution in [3.05, 3.63) is 27.8 Å². The smallest absolute Gasteiger partial charge is 0.305 e. The van der Waals surface area contributed by atoms with Crippen LogP contribution in [0.25, 0.3) is 0 Å². The van der Waals surface area contributed by atoms with E-state index in [0.717, 1.165) is 0 Å². The molecular weight excluding hydrogens is 384 g/mol. The van der Waals surface area contributed by atoms with E-state index in [1.54, 1.807) is 4.90 Å². The molecule has 0 bridgehead atoms. The number of nitrogens with zero attached hydrogens (tertiary/aromatic N) is 2. The molecule has 0 unspecified atom stereocenters. The van der Waals surface area contributed by atoms with Gasteiger partial charge >= 0.3 is 5.97 Å². The molecule has 160 valence electrons. The van der Waals surface area contributed by atoms with Gasteiger partial charge in [-0.15, -0.1) is 0 Å². The molecule has 10 heteroatoms. The van der Waals surface area contributed by atoms with Gasteiger partial charge in [-0.1, -0.05) is 0 Å². The van der Waals surface area contributed by atoms with Gasteiger partial charge in [-0.2, -0.15) is 0 Å². The van der Waals surface area contributed by atoms with Crippen molar-refractivity contribution in [2.75, 3.05) is 34.5 Å². The molecule has 29 heavy (non-hydrogen) atoms. The summed E-state index contributed by atoms with van der Waals surface area (Å²) in [5.74, 6) is -0.350. The second-order valence-corrected chi connectivity index (χ2v) is 6.60. The third-order valence-corrected chi connectivity index (χ3v) is 4.96. The van der Waals surface area contributed by atoms with Gasteiger partial charge in [0.25, 0.3) is 11.6 Å². The number of carbonyl (C=O) groups excluding carboxylic acids is 2. The molecule has 0 saturated carbocycles. The van der Waals surface area contributed by atoms with Crippen molar-refractivity contribution in [1.82, 2.24) is 4.90 Å². The summed E-state index contributed by atoms with van der Waals surface area (Å²) in [4.78, 5) is 36.6. The molecule has 0 radical (unpaired) electrons. The van der Waals surface area contributed by atoms with Gasteiger partial charge in [0.1, 0.15) is 5.56 Å². The average molecular weight is 410 g/mol.